The highest BCUT2D eigenvalue weighted by Gasteiger charge is 2.48. The van der Waals surface area contributed by atoms with E-state index in [0.29, 0.717) is 62.1 Å². The lowest BCUT2D eigenvalue weighted by Crippen LogP contribution is -2.60. The first-order valence-electron chi connectivity index (χ1n) is 35.9. The smallest absolute Gasteiger partial charge is 0.410 e. The maximum Gasteiger partial charge on any atom is 0.410 e. The Morgan fingerprint density at radius 1 is 0.767 bits per heavy atom. The molecule has 0 aromatic heterocycles. The van der Waals surface area contributed by atoms with Gasteiger partial charge in [0, 0.05) is 84.3 Å². The van der Waals surface area contributed by atoms with Crippen LogP contribution in [0.25, 0.3) is 0 Å². The Balaban J connectivity index is 1.14. The van der Waals surface area contributed by atoms with Crippen LogP contribution < -0.4 is 37.6 Å². The number of imide groups is 1. The number of primary amides is 1. The number of aliphatic carboxylic acids is 1. The van der Waals surface area contributed by atoms with Gasteiger partial charge in [-0.05, 0) is 117 Å². The molecular weight excluding hydrogens is 1360 g/mol. The number of hydrogen-bond donors (Lipinski definition) is 8. The molecule has 3 aliphatic rings. The van der Waals surface area contributed by atoms with Gasteiger partial charge < -0.3 is 66.8 Å². The van der Waals surface area contributed by atoms with E-state index in [2.05, 4.69) is 31.9 Å². The number of halogens is 2. The second-order valence-corrected chi connectivity index (χ2v) is 29.8. The fourth-order valence-electron chi connectivity index (χ4n) is 13.4. The van der Waals surface area contributed by atoms with E-state index in [1.165, 1.54) is 48.9 Å². The van der Waals surface area contributed by atoms with Gasteiger partial charge >= 0.3 is 18.1 Å². The molecule has 0 spiro atoms. The summed E-state index contributed by atoms with van der Waals surface area (Å²) in [5.74, 6) is -8.05. The van der Waals surface area contributed by atoms with Gasteiger partial charge in [-0.2, -0.15) is 0 Å². The quantitative estimate of drug-likeness (QED) is 0.0254. The molecule has 0 radical (unpaired) electrons. The summed E-state index contributed by atoms with van der Waals surface area (Å²) in [5.41, 5.74) is 5.64. The van der Waals surface area contributed by atoms with Gasteiger partial charge in [0.25, 0.3) is 0 Å². The number of nitrogens with two attached hydrogens (primary N) is 1. The highest BCUT2D eigenvalue weighted by atomic mass is 32.2. The summed E-state index contributed by atoms with van der Waals surface area (Å²) in [5, 5.41) is 25.2. The van der Waals surface area contributed by atoms with E-state index >= 15 is 0 Å². The largest absolute Gasteiger partial charge is 0.481 e. The summed E-state index contributed by atoms with van der Waals surface area (Å²) in [6, 6.07) is 3.58. The lowest BCUT2D eigenvalue weighted by Gasteiger charge is -2.41. The standard InChI is InChI=1S/C73H111F2N11O16S/c1-14-45(8)63(54(100-12)37-57(88)85-36-20-24-53(85)64(101-13)46(9)65(92)77-34-30-49-50(74)21-18-22-51(49)75)83(10)70(97)61(43(4)5)82-68(95)62(44(6)7)84(11)72(99)102-40-47-26-28-48(29-27-47)79-66(93)52(23-19-33-78-71(76)98)80-67(94)60(42(2)3)81-56(87)25-16-15-17-35-86-58(89)38-55(69(86)96)103-41-73(31-32-73)39-59(90)91/h18,21-22,26-29,42-46,52-55,60-64H,14-17,19-20,23-25,30-41H2,1-13H3,(H,77,92)(H,79,93)(H,80,94)(H,81,87)(H,82,95)(H,90,91)(H3,76,78,98)/t45-,46+,52-,53-,54+,55?,60-,61-,62-,63?,64+/m0/s1. The molecule has 27 nitrogen and oxygen atoms in total. The fraction of sp³-hybridized carbons (Fsp3) is 0.671. The van der Waals surface area contributed by atoms with Crippen molar-refractivity contribution >= 4 is 88.7 Å². The van der Waals surface area contributed by atoms with Crippen molar-refractivity contribution in [2.75, 3.05) is 65.6 Å². The van der Waals surface area contributed by atoms with E-state index in [-0.39, 0.29) is 106 Å². The maximum atomic E-state index is 14.8. The molecule has 0 bridgehead atoms. The molecule has 30 heteroatoms. The van der Waals surface area contributed by atoms with Crippen LogP contribution in [0.1, 0.15) is 163 Å². The highest BCUT2D eigenvalue weighted by molar-refractivity contribution is 8.00. The number of rotatable bonds is 43. The number of anilines is 1. The zero-order chi connectivity index (χ0) is 76.6. The average molecular weight is 1470 g/mol. The summed E-state index contributed by atoms with van der Waals surface area (Å²) in [4.78, 5) is 166. The molecule has 2 aromatic rings. The van der Waals surface area contributed by atoms with Gasteiger partial charge in [0.05, 0.1) is 48.3 Å². The summed E-state index contributed by atoms with van der Waals surface area (Å²) < 4.78 is 46.3. The summed E-state index contributed by atoms with van der Waals surface area (Å²) in [6.45, 7) is 16.5. The molecule has 574 valence electrons. The average Bonchev–Trinajstić information content (AvgIpc) is 1.67. The Labute approximate surface area is 608 Å². The van der Waals surface area contributed by atoms with Crippen molar-refractivity contribution in [3.63, 3.8) is 0 Å². The van der Waals surface area contributed by atoms with E-state index in [4.69, 9.17) is 19.9 Å². The molecule has 2 aromatic carbocycles. The lowest BCUT2D eigenvalue weighted by molar-refractivity contribution is -0.148. The minimum absolute atomic E-state index is 0.0233. The number of carbonyl (C=O) groups is 12. The molecule has 1 aliphatic carbocycles. The molecule has 1 saturated carbocycles. The van der Waals surface area contributed by atoms with Crippen molar-refractivity contribution in [1.82, 2.24) is 46.2 Å². The molecule has 11 atom stereocenters. The molecule has 2 heterocycles. The Hall–Kier alpha value is -7.99. The van der Waals surface area contributed by atoms with Crippen molar-refractivity contribution in [1.29, 1.82) is 0 Å². The second kappa shape index (κ2) is 40.9. The van der Waals surface area contributed by atoms with Crippen LogP contribution >= 0.6 is 11.8 Å². The van der Waals surface area contributed by atoms with Gasteiger partial charge in [0.15, 0.2) is 0 Å². The molecular formula is C73H111F2N11O16S. The van der Waals surface area contributed by atoms with E-state index < -0.39 is 143 Å². The summed E-state index contributed by atoms with van der Waals surface area (Å²) >= 11 is 1.34. The van der Waals surface area contributed by atoms with Crippen molar-refractivity contribution in [2.45, 2.75) is 219 Å². The number of nitrogens with one attached hydrogen (secondary N) is 6. The topological polar surface area (TPSA) is 364 Å². The molecule has 3 fully saturated rings. The van der Waals surface area contributed by atoms with E-state index in [1.807, 2.05) is 13.8 Å². The number of urea groups is 1. The Morgan fingerprint density at radius 3 is 2.01 bits per heavy atom. The van der Waals surface area contributed by atoms with E-state index in [1.54, 1.807) is 84.7 Å². The number of carboxylic acids is 1. The number of methoxy groups -OCH3 is 2. The number of nitrogens with zero attached hydrogens (tertiary/aromatic N) is 4. The van der Waals surface area contributed by atoms with Crippen molar-refractivity contribution in [3.8, 4) is 0 Å². The predicted molar refractivity (Wildman–Crippen MR) is 383 cm³/mol. The number of amides is 12. The number of ether oxygens (including phenoxy) is 3. The SMILES string of the molecule is CC[C@H](C)C([C@@H](CC(=O)N1CCC[C@H]1[C@H](OC)[C@@H](C)C(=O)NCCc1c(F)cccc1F)OC)N(C)C(=O)[C@@H](NC(=O)[C@H](C(C)C)N(C)C(=O)OCc1ccc(NC(=O)[C@H](CCCNC(N)=O)NC(=O)[C@@H](NC(=O)CCCCCN2C(=O)CC(SCC3(CC(=O)O)CC3)C2=O)C(C)C)cc1)C(C)C. The van der Waals surface area contributed by atoms with Crippen LogP contribution in [0.4, 0.5) is 24.1 Å². The van der Waals surface area contributed by atoms with Crippen LogP contribution in [0, 0.1) is 46.6 Å². The molecule has 2 aliphatic heterocycles. The first kappa shape index (κ1) is 85.7. The van der Waals surface area contributed by atoms with Crippen LogP contribution in [-0.2, 0) is 75.2 Å². The van der Waals surface area contributed by atoms with Crippen molar-refractivity contribution in [2.24, 2.45) is 40.7 Å². The third kappa shape index (κ3) is 25.1. The number of benzene rings is 2. The number of unbranched alkanes of at least 4 members (excludes halogenated alkanes) is 2. The second-order valence-electron chi connectivity index (χ2n) is 28.7. The first-order chi connectivity index (χ1) is 48.7. The third-order valence-electron chi connectivity index (χ3n) is 19.8. The van der Waals surface area contributed by atoms with Crippen molar-refractivity contribution in [3.05, 3.63) is 65.2 Å². The molecule has 5 rings (SSSR count). The predicted octanol–water partition coefficient (Wildman–Crippen LogP) is 6.67. The summed E-state index contributed by atoms with van der Waals surface area (Å²) in [6.07, 6.45) is 2.56. The number of carbonyl (C=O) groups excluding carboxylic acids is 11. The number of hydrogen-bond acceptors (Lipinski definition) is 16. The van der Waals surface area contributed by atoms with E-state index in [9.17, 15) is 71.4 Å². The van der Waals surface area contributed by atoms with Crippen LogP contribution in [0.3, 0.4) is 0 Å². The molecule has 2 saturated heterocycles. The minimum atomic E-state index is -1.15. The molecule has 103 heavy (non-hydrogen) atoms. The van der Waals surface area contributed by atoms with Gasteiger partial charge in [-0.3, -0.25) is 57.7 Å². The fourth-order valence-corrected chi connectivity index (χ4v) is 14.9. The Bertz CT molecular complexity index is 3230. The zero-order valence-electron chi connectivity index (χ0n) is 62.1. The van der Waals surface area contributed by atoms with E-state index in [0.717, 1.165) is 29.9 Å². The van der Waals surface area contributed by atoms with Gasteiger partial charge in [-0.1, -0.05) is 93.4 Å². The Morgan fingerprint density at radius 2 is 1.43 bits per heavy atom. The summed E-state index contributed by atoms with van der Waals surface area (Å²) in [7, 11) is 5.96. The maximum absolute atomic E-state index is 14.8. The van der Waals surface area contributed by atoms with Crippen LogP contribution in [0.2, 0.25) is 0 Å². The third-order valence-corrected chi connectivity index (χ3v) is 21.4. The Kier molecular flexibility index (Phi) is 34.0. The zero-order valence-corrected chi connectivity index (χ0v) is 62.9. The van der Waals surface area contributed by atoms with Gasteiger partial charge in [-0.15, -0.1) is 11.8 Å². The molecule has 9 N–H and O–H groups in total. The number of likely N-dealkylation sites (N-methyl/N-ethyl adjacent to an activating group) is 2. The lowest BCUT2D eigenvalue weighted by atomic mass is 9.89. The highest BCUT2D eigenvalue weighted by Crippen LogP contribution is 2.52. The molecule has 12 amide bonds. The minimum Gasteiger partial charge on any atom is -0.481 e. The van der Waals surface area contributed by atoms with Gasteiger partial charge in [0.1, 0.15) is 42.4 Å². The number of likely N-dealkylation sites (tertiary alicyclic amines) is 2. The van der Waals surface area contributed by atoms with Crippen molar-refractivity contribution < 1.29 is 85.6 Å². The normalized spacial score (nSPS) is 18.2. The van der Waals surface area contributed by atoms with Crippen LogP contribution in [0.15, 0.2) is 42.5 Å². The van der Waals surface area contributed by atoms with Gasteiger partial charge in [0.2, 0.25) is 53.2 Å². The number of carboxylic acid groups (broad SMARTS) is 1. The van der Waals surface area contributed by atoms with Crippen LogP contribution in [-0.4, -0.2) is 210 Å². The number of thioether (sulfide) groups is 1. The molecule has 2 unspecified atom stereocenters. The van der Waals surface area contributed by atoms with Gasteiger partial charge in [-0.25, -0.2) is 18.4 Å². The van der Waals surface area contributed by atoms with Crippen LogP contribution in [0.5, 0.6) is 0 Å². The first-order valence-corrected chi connectivity index (χ1v) is 37.0. The monoisotopic (exact) mass is 1470 g/mol.